The second-order valence-electron chi connectivity index (χ2n) is 9.08. The molecule has 8 nitrogen and oxygen atoms in total. The molecule has 0 fully saturated rings. The average molecular weight is 538 g/mol. The molecule has 2 aromatic carbocycles. The first-order chi connectivity index (χ1) is 17.9. The lowest BCUT2D eigenvalue weighted by atomic mass is 10.0. The van der Waals surface area contributed by atoms with E-state index in [1.165, 1.54) is 6.33 Å². The van der Waals surface area contributed by atoms with Gasteiger partial charge in [0, 0.05) is 47.6 Å². The van der Waals surface area contributed by atoms with Crippen LogP contribution in [0, 0.1) is 5.92 Å². The molecule has 0 saturated heterocycles. The Morgan fingerprint density at radius 1 is 1.16 bits per heavy atom. The topological polar surface area (TPSA) is 104 Å². The Hall–Kier alpha value is -3.21. The zero-order chi connectivity index (χ0) is 26.0. The number of fused-ring (bicyclic) bond motifs is 2. The maximum atomic E-state index is 10.5. The summed E-state index contributed by atoms with van der Waals surface area (Å²) in [5, 5.41) is 29.9. The van der Waals surface area contributed by atoms with Crippen molar-refractivity contribution >= 4 is 55.6 Å². The van der Waals surface area contributed by atoms with Crippen LogP contribution in [0.2, 0.25) is 5.02 Å². The van der Waals surface area contributed by atoms with Gasteiger partial charge in [0.15, 0.2) is 5.82 Å². The van der Waals surface area contributed by atoms with Crippen molar-refractivity contribution in [2.24, 2.45) is 5.92 Å². The molecule has 5 rings (SSSR count). The summed E-state index contributed by atoms with van der Waals surface area (Å²) in [6.45, 7) is 4.41. The number of benzene rings is 2. The van der Waals surface area contributed by atoms with Crippen LogP contribution in [-0.4, -0.2) is 43.6 Å². The summed E-state index contributed by atoms with van der Waals surface area (Å²) in [7, 11) is 0. The lowest BCUT2D eigenvalue weighted by molar-refractivity contribution is -0.0448. The van der Waals surface area contributed by atoms with E-state index in [-0.39, 0.29) is 12.5 Å². The molecular formula is C27H28ClN5O3S. The summed E-state index contributed by atoms with van der Waals surface area (Å²) in [4.78, 5) is 8.84. The number of anilines is 2. The highest BCUT2D eigenvalue weighted by Crippen LogP contribution is 2.37. The summed E-state index contributed by atoms with van der Waals surface area (Å²) in [6, 6.07) is 15.5. The fraction of sp³-hybridized carbons (Fsp3) is 0.259. The summed E-state index contributed by atoms with van der Waals surface area (Å²) in [6.07, 6.45) is 3.45. The predicted octanol–water partition coefficient (Wildman–Crippen LogP) is 5.76. The van der Waals surface area contributed by atoms with E-state index in [4.69, 9.17) is 16.3 Å². The first-order valence-corrected chi connectivity index (χ1v) is 13.2. The van der Waals surface area contributed by atoms with Crippen molar-refractivity contribution in [1.29, 1.82) is 0 Å². The third kappa shape index (κ3) is 5.41. The van der Waals surface area contributed by atoms with E-state index in [1.54, 1.807) is 31.3 Å². The van der Waals surface area contributed by atoms with Crippen LogP contribution in [0.5, 0.6) is 11.5 Å². The highest BCUT2D eigenvalue weighted by Gasteiger charge is 2.26. The molecule has 0 amide bonds. The molecule has 2 atom stereocenters. The number of hydrogen-bond donors (Lipinski definition) is 4. The van der Waals surface area contributed by atoms with Crippen LogP contribution in [-0.2, 0) is 6.54 Å². The van der Waals surface area contributed by atoms with Gasteiger partial charge in [-0.05, 0) is 54.8 Å². The van der Waals surface area contributed by atoms with Gasteiger partial charge in [0.2, 0.25) is 0 Å². The number of aliphatic hydroxyl groups is 2. The molecule has 2 unspecified atom stereocenters. The van der Waals surface area contributed by atoms with Crippen LogP contribution in [0.1, 0.15) is 13.8 Å². The van der Waals surface area contributed by atoms with Gasteiger partial charge in [-0.25, -0.2) is 9.97 Å². The van der Waals surface area contributed by atoms with Crippen LogP contribution in [0.25, 0.3) is 21.1 Å². The molecule has 0 spiro atoms. The minimum atomic E-state index is -1.18. The van der Waals surface area contributed by atoms with Gasteiger partial charge in [0.05, 0.1) is 10.5 Å². The van der Waals surface area contributed by atoms with Crippen molar-refractivity contribution in [3.8, 4) is 11.5 Å². The number of nitrogens with zero attached hydrogens (tertiary/aromatic N) is 3. The van der Waals surface area contributed by atoms with Gasteiger partial charge in [-0.15, -0.1) is 11.3 Å². The standard InChI is InChI=1S/C27H28ClN5O3S/c1-17(15-34)27(2,35)31-10-12-33-11-8-21-25(33)26(30-16-29-21)32-18-6-7-23(20(28)14-18)36-22-4-3-5-24-19(22)9-13-37-24/h3-9,11,13-14,16-17,31,34-35H,10,12,15H2,1-2H3,(H,29,30,32). The minimum absolute atomic E-state index is 0.107. The maximum Gasteiger partial charge on any atom is 0.158 e. The Bertz CT molecular complexity index is 1530. The van der Waals surface area contributed by atoms with Gasteiger partial charge in [-0.2, -0.15) is 0 Å². The lowest BCUT2D eigenvalue weighted by Gasteiger charge is -2.30. The van der Waals surface area contributed by atoms with E-state index < -0.39 is 5.72 Å². The zero-order valence-corrected chi connectivity index (χ0v) is 22.1. The second kappa shape index (κ2) is 10.6. The molecular weight excluding hydrogens is 510 g/mol. The lowest BCUT2D eigenvalue weighted by Crippen LogP contribution is -2.50. The molecule has 0 aliphatic heterocycles. The number of nitrogens with one attached hydrogen (secondary N) is 2. The Balaban J connectivity index is 1.33. The molecule has 37 heavy (non-hydrogen) atoms. The van der Waals surface area contributed by atoms with Crippen molar-refractivity contribution in [1.82, 2.24) is 19.9 Å². The molecule has 5 aromatic rings. The summed E-state index contributed by atoms with van der Waals surface area (Å²) in [5.41, 5.74) is 1.21. The fourth-order valence-electron chi connectivity index (χ4n) is 4.06. The monoisotopic (exact) mass is 537 g/mol. The Kier molecular flexibility index (Phi) is 7.32. The van der Waals surface area contributed by atoms with Crippen molar-refractivity contribution < 1.29 is 14.9 Å². The van der Waals surface area contributed by atoms with E-state index in [0.29, 0.717) is 29.7 Å². The highest BCUT2D eigenvalue weighted by molar-refractivity contribution is 7.17. The van der Waals surface area contributed by atoms with E-state index in [9.17, 15) is 10.2 Å². The molecule has 3 aromatic heterocycles. The normalized spacial score (nSPS) is 14.1. The smallest absolute Gasteiger partial charge is 0.158 e. The molecule has 4 N–H and O–H groups in total. The van der Waals surface area contributed by atoms with Crippen LogP contribution >= 0.6 is 22.9 Å². The minimum Gasteiger partial charge on any atom is -0.455 e. The van der Waals surface area contributed by atoms with Gasteiger partial charge in [0.25, 0.3) is 0 Å². The SMILES string of the molecule is CC(CO)C(C)(O)NCCn1ccc2ncnc(Nc3ccc(Oc4cccc5sccc45)c(Cl)c3)c21. The molecule has 0 saturated carbocycles. The molecule has 0 bridgehead atoms. The third-order valence-electron chi connectivity index (χ3n) is 6.49. The highest BCUT2D eigenvalue weighted by atomic mass is 35.5. The van der Waals surface area contributed by atoms with E-state index >= 15 is 0 Å². The van der Waals surface area contributed by atoms with E-state index in [0.717, 1.165) is 32.6 Å². The number of ether oxygens (including phenoxy) is 1. The number of aromatic nitrogens is 3. The quantitative estimate of drug-likeness (QED) is 0.168. The predicted molar refractivity (Wildman–Crippen MR) is 149 cm³/mol. The van der Waals surface area contributed by atoms with Crippen LogP contribution < -0.4 is 15.4 Å². The van der Waals surface area contributed by atoms with Gasteiger partial charge < -0.3 is 24.8 Å². The van der Waals surface area contributed by atoms with Crippen molar-refractivity contribution in [3.63, 3.8) is 0 Å². The number of rotatable bonds is 10. The van der Waals surface area contributed by atoms with Gasteiger partial charge in [-0.1, -0.05) is 24.6 Å². The Labute approximate surface area is 223 Å². The van der Waals surface area contributed by atoms with Crippen LogP contribution in [0.4, 0.5) is 11.5 Å². The van der Waals surface area contributed by atoms with Crippen molar-refractivity contribution in [2.75, 3.05) is 18.5 Å². The van der Waals surface area contributed by atoms with Crippen molar-refractivity contribution in [2.45, 2.75) is 26.1 Å². The van der Waals surface area contributed by atoms with Gasteiger partial charge in [0.1, 0.15) is 29.1 Å². The van der Waals surface area contributed by atoms with E-state index in [2.05, 4.69) is 26.7 Å². The van der Waals surface area contributed by atoms with Crippen molar-refractivity contribution in [3.05, 3.63) is 71.5 Å². The Morgan fingerprint density at radius 3 is 2.84 bits per heavy atom. The number of thiophene rings is 1. The fourth-order valence-corrected chi connectivity index (χ4v) is 5.09. The zero-order valence-electron chi connectivity index (χ0n) is 20.5. The first kappa shape index (κ1) is 25.4. The molecule has 10 heteroatoms. The largest absolute Gasteiger partial charge is 0.455 e. The van der Waals surface area contributed by atoms with Crippen LogP contribution in [0.15, 0.2) is 66.4 Å². The first-order valence-electron chi connectivity index (χ1n) is 11.9. The molecule has 0 radical (unpaired) electrons. The second-order valence-corrected chi connectivity index (χ2v) is 10.4. The summed E-state index contributed by atoms with van der Waals surface area (Å²) < 4.78 is 9.31. The third-order valence-corrected chi connectivity index (χ3v) is 7.67. The number of halogens is 1. The van der Waals surface area contributed by atoms with Crippen LogP contribution in [0.3, 0.4) is 0 Å². The number of aliphatic hydroxyl groups excluding tert-OH is 1. The average Bonchev–Trinajstić information content (AvgIpc) is 3.53. The summed E-state index contributed by atoms with van der Waals surface area (Å²) in [5.74, 6) is 1.66. The van der Waals surface area contributed by atoms with Gasteiger partial charge in [-0.3, -0.25) is 5.32 Å². The van der Waals surface area contributed by atoms with Gasteiger partial charge >= 0.3 is 0 Å². The Morgan fingerprint density at radius 2 is 2.03 bits per heavy atom. The molecule has 0 aliphatic rings. The molecule has 192 valence electrons. The maximum absolute atomic E-state index is 10.5. The van der Waals surface area contributed by atoms with E-state index in [1.807, 2.05) is 52.5 Å². The molecule has 3 heterocycles. The summed E-state index contributed by atoms with van der Waals surface area (Å²) >= 11 is 8.26. The molecule has 0 aliphatic carbocycles. The number of hydrogen-bond acceptors (Lipinski definition) is 8.